The number of aromatic amines is 1. The summed E-state index contributed by atoms with van der Waals surface area (Å²) in [5, 5.41) is 19.0. The lowest BCUT2D eigenvalue weighted by Crippen LogP contribution is -2.58. The van der Waals surface area contributed by atoms with Crippen molar-refractivity contribution in [2.75, 3.05) is 25.4 Å². The minimum Gasteiger partial charge on any atom is -0.385 e. The van der Waals surface area contributed by atoms with Crippen molar-refractivity contribution in [1.29, 1.82) is 10.8 Å². The van der Waals surface area contributed by atoms with Gasteiger partial charge in [0.05, 0.1) is 0 Å². The molecule has 2 unspecified atom stereocenters. The van der Waals surface area contributed by atoms with Crippen LogP contribution in [0.4, 0.5) is 5.82 Å². The first-order valence-electron chi connectivity index (χ1n) is 9.77. The van der Waals surface area contributed by atoms with E-state index in [-0.39, 0.29) is 11.5 Å². The van der Waals surface area contributed by atoms with Crippen molar-refractivity contribution in [3.63, 3.8) is 0 Å². The van der Waals surface area contributed by atoms with Crippen molar-refractivity contribution in [2.24, 2.45) is 0 Å². The Balaban J connectivity index is 1.91. The Morgan fingerprint density at radius 2 is 2.15 bits per heavy atom. The summed E-state index contributed by atoms with van der Waals surface area (Å²) in [5.41, 5.74) is 9.72. The van der Waals surface area contributed by atoms with Crippen LogP contribution in [0, 0.1) is 10.8 Å². The van der Waals surface area contributed by atoms with Gasteiger partial charge in [-0.1, -0.05) is 12.5 Å². The number of hydrogen-bond donors (Lipinski definition) is 5. The van der Waals surface area contributed by atoms with E-state index in [1.165, 1.54) is 44.5 Å². The molecule has 6 heteroatoms. The third kappa shape index (κ3) is 3.56. The number of allylic oxidation sites excluding steroid dienone is 1. The molecule has 2 atom stereocenters. The molecule has 0 amide bonds. The average molecular weight is 357 g/mol. The largest absolute Gasteiger partial charge is 0.385 e. The molecule has 0 radical (unpaired) electrons. The molecule has 2 aliphatic rings. The lowest BCUT2D eigenvalue weighted by molar-refractivity contribution is 0.137. The number of nitrogens with zero attached hydrogens (tertiary/aromatic N) is 1. The van der Waals surface area contributed by atoms with Crippen molar-refractivity contribution >= 4 is 23.9 Å². The molecule has 26 heavy (non-hydrogen) atoms. The standard InChI is InChI=1S/C20H32N6/c1-2-17(18-16(13-24-19(18)23)15(12-22)6-9-21)26-11-5-8-20(14-26)7-3-4-10-25-20/h2,9,12-13,15,21-22,24-25H,3-8,10-11,14,23H2,1H3/b17-2+,21-9?,22-12?. The number of nitrogens with two attached hydrogens (primary N) is 1. The van der Waals surface area contributed by atoms with Gasteiger partial charge in [0.15, 0.2) is 0 Å². The van der Waals surface area contributed by atoms with Crippen molar-refractivity contribution in [1.82, 2.24) is 15.2 Å². The summed E-state index contributed by atoms with van der Waals surface area (Å²) in [6.45, 7) is 5.23. The Morgan fingerprint density at radius 3 is 2.81 bits per heavy atom. The monoisotopic (exact) mass is 356 g/mol. The van der Waals surface area contributed by atoms with Gasteiger partial charge in [0.2, 0.25) is 0 Å². The molecule has 6 nitrogen and oxygen atoms in total. The Morgan fingerprint density at radius 1 is 1.35 bits per heavy atom. The van der Waals surface area contributed by atoms with Crippen molar-refractivity contribution in [3.05, 3.63) is 23.4 Å². The lowest BCUT2D eigenvalue weighted by Gasteiger charge is -2.47. The SMILES string of the molecule is C/C=C(\c1c(C(C=N)CC=N)c[nH]c1N)N1CCCC2(CCCCN2)C1. The molecule has 2 fully saturated rings. The topological polar surface area (TPSA) is 105 Å². The highest BCUT2D eigenvalue weighted by molar-refractivity contribution is 5.81. The van der Waals surface area contributed by atoms with Crippen LogP contribution in [0.2, 0.25) is 0 Å². The number of nitrogens with one attached hydrogen (secondary N) is 4. The number of rotatable bonds is 6. The van der Waals surface area contributed by atoms with Gasteiger partial charge in [-0.15, -0.1) is 0 Å². The second-order valence-corrected chi connectivity index (χ2v) is 7.61. The summed E-state index contributed by atoms with van der Waals surface area (Å²) >= 11 is 0. The summed E-state index contributed by atoms with van der Waals surface area (Å²) < 4.78 is 0. The molecular weight excluding hydrogens is 324 g/mol. The third-order valence-corrected chi connectivity index (χ3v) is 5.94. The number of nitrogen functional groups attached to an aromatic ring is 1. The lowest BCUT2D eigenvalue weighted by atomic mass is 9.81. The first-order chi connectivity index (χ1) is 12.6. The summed E-state index contributed by atoms with van der Waals surface area (Å²) in [5.74, 6) is 0.540. The van der Waals surface area contributed by atoms with Crippen LogP contribution >= 0.6 is 0 Å². The molecule has 1 aromatic heterocycles. The summed E-state index contributed by atoms with van der Waals surface area (Å²) in [7, 11) is 0. The number of piperidine rings is 2. The van der Waals surface area contributed by atoms with Crippen LogP contribution in [-0.2, 0) is 0 Å². The highest BCUT2D eigenvalue weighted by Gasteiger charge is 2.37. The van der Waals surface area contributed by atoms with Crippen molar-refractivity contribution in [3.8, 4) is 0 Å². The predicted octanol–water partition coefficient (Wildman–Crippen LogP) is 3.34. The highest BCUT2D eigenvalue weighted by Crippen LogP contribution is 2.37. The molecule has 0 bridgehead atoms. The Labute approximate surface area is 156 Å². The van der Waals surface area contributed by atoms with E-state index in [0.29, 0.717) is 12.2 Å². The number of anilines is 1. The maximum atomic E-state index is 7.78. The quantitative estimate of drug-likeness (QED) is 0.505. The highest BCUT2D eigenvalue weighted by atomic mass is 15.2. The second-order valence-electron chi connectivity index (χ2n) is 7.61. The minimum atomic E-state index is -0.113. The summed E-state index contributed by atoms with van der Waals surface area (Å²) in [6.07, 6.45) is 13.6. The van der Waals surface area contributed by atoms with Crippen LogP contribution in [0.15, 0.2) is 12.3 Å². The molecule has 1 aromatic rings. The molecule has 2 saturated heterocycles. The molecule has 2 aliphatic heterocycles. The van der Waals surface area contributed by atoms with Gasteiger partial charge in [-0.2, -0.15) is 0 Å². The van der Waals surface area contributed by atoms with Crippen LogP contribution in [0.5, 0.6) is 0 Å². The van der Waals surface area contributed by atoms with Crippen molar-refractivity contribution in [2.45, 2.75) is 56.9 Å². The van der Waals surface area contributed by atoms with Crippen LogP contribution in [-0.4, -0.2) is 47.5 Å². The van der Waals surface area contributed by atoms with Gasteiger partial charge in [0.1, 0.15) is 5.82 Å². The molecule has 3 heterocycles. The number of aromatic nitrogens is 1. The second kappa shape index (κ2) is 8.08. The van der Waals surface area contributed by atoms with Crippen LogP contribution in [0.25, 0.3) is 5.70 Å². The maximum absolute atomic E-state index is 7.78. The van der Waals surface area contributed by atoms with E-state index in [1.807, 2.05) is 6.20 Å². The first kappa shape index (κ1) is 18.7. The fraction of sp³-hybridized carbons (Fsp3) is 0.600. The predicted molar refractivity (Wildman–Crippen MR) is 109 cm³/mol. The van der Waals surface area contributed by atoms with Gasteiger partial charge < -0.3 is 31.8 Å². The molecule has 142 valence electrons. The van der Waals surface area contributed by atoms with Gasteiger partial charge in [0.25, 0.3) is 0 Å². The van der Waals surface area contributed by atoms with E-state index in [0.717, 1.165) is 36.5 Å². The van der Waals surface area contributed by atoms with E-state index in [4.69, 9.17) is 16.6 Å². The molecule has 0 aliphatic carbocycles. The molecule has 3 rings (SSSR count). The zero-order valence-electron chi connectivity index (χ0n) is 15.8. The van der Waals surface area contributed by atoms with Crippen LogP contribution in [0.3, 0.4) is 0 Å². The summed E-state index contributed by atoms with van der Waals surface area (Å²) in [6, 6.07) is 0. The van der Waals surface area contributed by atoms with Crippen LogP contribution in [0.1, 0.15) is 62.5 Å². The zero-order valence-corrected chi connectivity index (χ0v) is 15.8. The smallest absolute Gasteiger partial charge is 0.110 e. The van der Waals surface area contributed by atoms with Gasteiger partial charge in [0, 0.05) is 48.2 Å². The summed E-state index contributed by atoms with van der Waals surface area (Å²) in [4.78, 5) is 5.62. The fourth-order valence-electron chi connectivity index (χ4n) is 4.65. The van der Waals surface area contributed by atoms with E-state index in [1.54, 1.807) is 0 Å². The van der Waals surface area contributed by atoms with Gasteiger partial charge >= 0.3 is 0 Å². The van der Waals surface area contributed by atoms with E-state index >= 15 is 0 Å². The fourth-order valence-corrected chi connectivity index (χ4v) is 4.65. The Hall–Kier alpha value is -2.08. The van der Waals surface area contributed by atoms with Gasteiger partial charge in [-0.3, -0.25) is 0 Å². The van der Waals surface area contributed by atoms with E-state index in [9.17, 15) is 0 Å². The Bertz CT molecular complexity index is 662. The molecule has 0 aromatic carbocycles. The Kier molecular flexibility index (Phi) is 5.81. The van der Waals surface area contributed by atoms with Gasteiger partial charge in [-0.25, -0.2) is 0 Å². The van der Waals surface area contributed by atoms with E-state index in [2.05, 4.69) is 28.2 Å². The first-order valence-corrected chi connectivity index (χ1v) is 9.77. The maximum Gasteiger partial charge on any atom is 0.110 e. The average Bonchev–Trinajstić information content (AvgIpc) is 3.03. The number of likely N-dealkylation sites (tertiary alicyclic amines) is 1. The molecular formula is C20H32N6. The number of hydrogen-bond acceptors (Lipinski definition) is 5. The zero-order chi connectivity index (χ0) is 18.6. The van der Waals surface area contributed by atoms with E-state index < -0.39 is 0 Å². The van der Waals surface area contributed by atoms with Crippen LogP contribution < -0.4 is 11.1 Å². The third-order valence-electron chi connectivity index (χ3n) is 5.94. The van der Waals surface area contributed by atoms with Crippen molar-refractivity contribution < 1.29 is 0 Å². The normalized spacial score (nSPS) is 25.3. The minimum absolute atomic E-state index is 0.113. The number of H-pyrrole nitrogens is 1. The van der Waals surface area contributed by atoms with Gasteiger partial charge in [-0.05, 0) is 57.4 Å². The molecule has 1 spiro atoms. The molecule has 0 saturated carbocycles. The molecule has 6 N–H and O–H groups in total.